The summed E-state index contributed by atoms with van der Waals surface area (Å²) in [4.78, 5) is 2.15. The van der Waals surface area contributed by atoms with Crippen LogP contribution in [0.25, 0.3) is 0 Å². The van der Waals surface area contributed by atoms with Crippen LogP contribution in [0.1, 0.15) is 5.56 Å². The average molecular weight is 262 g/mol. The molecule has 1 heterocycles. The van der Waals surface area contributed by atoms with Crippen molar-refractivity contribution >= 4 is 25.4 Å². The Morgan fingerprint density at radius 1 is 1.44 bits per heavy atom. The van der Waals surface area contributed by atoms with E-state index in [1.165, 1.54) is 6.07 Å². The van der Waals surface area contributed by atoms with Gasteiger partial charge in [0.05, 0.1) is 18.1 Å². The smallest absolute Gasteiger partial charge is 0.261 e. The summed E-state index contributed by atoms with van der Waals surface area (Å²) in [7, 11) is 3.58. The van der Waals surface area contributed by atoms with Crippen molar-refractivity contribution in [3.05, 3.63) is 23.8 Å². The number of hydrogen-bond donors (Lipinski definition) is 0. The molecule has 4 nitrogen and oxygen atoms in total. The lowest BCUT2D eigenvalue weighted by atomic mass is 10.2. The summed E-state index contributed by atoms with van der Waals surface area (Å²) >= 11 is 0. The maximum absolute atomic E-state index is 11.2. The topological polar surface area (TPSA) is 46.6 Å². The van der Waals surface area contributed by atoms with Gasteiger partial charge in [-0.2, -0.15) is 0 Å². The molecule has 0 saturated carbocycles. The van der Waals surface area contributed by atoms with E-state index in [0.29, 0.717) is 13.2 Å². The molecule has 6 heteroatoms. The van der Waals surface area contributed by atoms with E-state index >= 15 is 0 Å². The van der Waals surface area contributed by atoms with Crippen LogP contribution in [0, 0.1) is 0 Å². The second-order valence-corrected chi connectivity index (χ2v) is 6.27. The number of hydrogen-bond acceptors (Lipinski definition) is 4. The number of rotatable bonds is 1. The summed E-state index contributed by atoms with van der Waals surface area (Å²) < 4.78 is 27.8. The Bertz CT molecular complexity index is 501. The Kier molecular flexibility index (Phi) is 3.10. The average Bonchev–Trinajstić information content (AvgIpc) is 2.39. The maximum Gasteiger partial charge on any atom is 0.261 e. The second kappa shape index (κ2) is 4.24. The fraction of sp³-hybridized carbons (Fsp3) is 0.400. The van der Waals surface area contributed by atoms with E-state index in [4.69, 9.17) is 15.4 Å². The van der Waals surface area contributed by atoms with Gasteiger partial charge in [-0.3, -0.25) is 0 Å². The first-order valence-electron chi connectivity index (χ1n) is 4.85. The Balaban J connectivity index is 2.49. The molecule has 0 fully saturated rings. The lowest BCUT2D eigenvalue weighted by Crippen LogP contribution is -2.20. The van der Waals surface area contributed by atoms with Crippen molar-refractivity contribution in [2.75, 3.05) is 25.1 Å². The Morgan fingerprint density at radius 3 is 2.88 bits per heavy atom. The van der Waals surface area contributed by atoms with Crippen molar-refractivity contribution in [2.45, 2.75) is 11.5 Å². The molecule has 0 N–H and O–H groups in total. The first-order valence-corrected chi connectivity index (χ1v) is 7.16. The molecule has 88 valence electrons. The van der Waals surface area contributed by atoms with E-state index in [1.807, 2.05) is 11.9 Å². The van der Waals surface area contributed by atoms with Gasteiger partial charge < -0.3 is 9.64 Å². The van der Waals surface area contributed by atoms with Gasteiger partial charge in [-0.1, -0.05) is 0 Å². The van der Waals surface area contributed by atoms with E-state index in [1.54, 1.807) is 12.1 Å². The molecular weight excluding hydrogens is 250 g/mol. The third kappa shape index (κ3) is 2.31. The van der Waals surface area contributed by atoms with E-state index in [-0.39, 0.29) is 4.90 Å². The molecule has 1 aromatic rings. The predicted molar refractivity (Wildman–Crippen MR) is 62.4 cm³/mol. The summed E-state index contributed by atoms with van der Waals surface area (Å²) in [5.41, 5.74) is 1.84. The van der Waals surface area contributed by atoms with Crippen LogP contribution in [0.3, 0.4) is 0 Å². The highest BCUT2D eigenvalue weighted by Crippen LogP contribution is 2.27. The zero-order valence-electron chi connectivity index (χ0n) is 8.81. The number of fused-ring (bicyclic) bond motifs is 1. The van der Waals surface area contributed by atoms with Gasteiger partial charge in [0.2, 0.25) is 0 Å². The monoisotopic (exact) mass is 261 g/mol. The van der Waals surface area contributed by atoms with Crippen molar-refractivity contribution in [1.82, 2.24) is 0 Å². The van der Waals surface area contributed by atoms with Gasteiger partial charge >= 0.3 is 0 Å². The molecule has 1 aliphatic heterocycles. The number of anilines is 1. The normalized spacial score (nSPS) is 16.8. The molecule has 0 aliphatic carbocycles. The number of ether oxygens (including phenoxy) is 1. The maximum atomic E-state index is 11.2. The zero-order chi connectivity index (χ0) is 11.8. The first kappa shape index (κ1) is 11.7. The Morgan fingerprint density at radius 2 is 2.19 bits per heavy atom. The molecule has 0 radical (unpaired) electrons. The van der Waals surface area contributed by atoms with Crippen LogP contribution < -0.4 is 4.90 Å². The summed E-state index contributed by atoms with van der Waals surface area (Å²) in [6.45, 7) is 1.84. The molecule has 1 aliphatic rings. The van der Waals surface area contributed by atoms with Gasteiger partial charge in [0.25, 0.3) is 9.05 Å². The van der Waals surface area contributed by atoms with Crippen LogP contribution in [0.5, 0.6) is 0 Å². The number of nitrogens with zero attached hydrogens (tertiary/aromatic N) is 1. The van der Waals surface area contributed by atoms with Gasteiger partial charge in [0.15, 0.2) is 0 Å². The lowest BCUT2D eigenvalue weighted by Gasteiger charge is -2.18. The highest BCUT2D eigenvalue weighted by molar-refractivity contribution is 8.13. The first-order chi connectivity index (χ1) is 7.48. The highest BCUT2D eigenvalue weighted by Gasteiger charge is 2.16. The molecular formula is C10H12ClNO3S. The van der Waals surface area contributed by atoms with Crippen molar-refractivity contribution in [3.8, 4) is 0 Å². The molecule has 0 atom stereocenters. The minimum atomic E-state index is -3.67. The lowest BCUT2D eigenvalue weighted by molar-refractivity contribution is 0.132. The van der Waals surface area contributed by atoms with E-state index in [2.05, 4.69) is 0 Å². The van der Waals surface area contributed by atoms with Crippen LogP contribution >= 0.6 is 10.7 Å². The van der Waals surface area contributed by atoms with Crippen molar-refractivity contribution in [2.24, 2.45) is 0 Å². The number of benzene rings is 1. The SMILES string of the molecule is CN1CCOCc2cc(S(=O)(=O)Cl)ccc21. The number of likely N-dealkylation sites (N-methyl/N-ethyl adjacent to an activating group) is 1. The number of halogens is 1. The van der Waals surface area contributed by atoms with Gasteiger partial charge in [-0.15, -0.1) is 0 Å². The fourth-order valence-corrected chi connectivity index (χ4v) is 2.51. The minimum Gasteiger partial charge on any atom is -0.375 e. The molecule has 16 heavy (non-hydrogen) atoms. The highest BCUT2D eigenvalue weighted by atomic mass is 35.7. The zero-order valence-corrected chi connectivity index (χ0v) is 10.4. The second-order valence-electron chi connectivity index (χ2n) is 3.70. The van der Waals surface area contributed by atoms with Crippen molar-refractivity contribution < 1.29 is 13.2 Å². The summed E-state index contributed by atoms with van der Waals surface area (Å²) in [5.74, 6) is 0. The quantitative estimate of drug-likeness (QED) is 0.720. The molecule has 2 rings (SSSR count). The van der Waals surface area contributed by atoms with Gasteiger partial charge in [0, 0.05) is 35.5 Å². The largest absolute Gasteiger partial charge is 0.375 e. The molecule has 0 aromatic heterocycles. The van der Waals surface area contributed by atoms with E-state index in [9.17, 15) is 8.42 Å². The summed E-state index contributed by atoms with van der Waals surface area (Å²) in [5, 5.41) is 0. The van der Waals surface area contributed by atoms with Crippen LogP contribution in [0.2, 0.25) is 0 Å². The molecule has 1 aromatic carbocycles. The molecule has 0 unspecified atom stereocenters. The van der Waals surface area contributed by atoms with Gasteiger partial charge in [-0.25, -0.2) is 8.42 Å². The molecule has 0 amide bonds. The molecule has 0 saturated heterocycles. The minimum absolute atomic E-state index is 0.117. The molecule has 0 spiro atoms. The third-order valence-corrected chi connectivity index (χ3v) is 3.92. The summed E-state index contributed by atoms with van der Waals surface area (Å²) in [6.07, 6.45) is 0. The predicted octanol–water partition coefficient (Wildman–Crippen LogP) is 1.58. The standard InChI is InChI=1S/C10H12ClNO3S/c1-12-4-5-15-7-8-6-9(16(11,13)14)2-3-10(8)12/h2-3,6H,4-5,7H2,1H3. The van der Waals surface area contributed by atoms with E-state index in [0.717, 1.165) is 17.8 Å². The van der Waals surface area contributed by atoms with Gasteiger partial charge in [-0.05, 0) is 18.2 Å². The van der Waals surface area contributed by atoms with Gasteiger partial charge in [0.1, 0.15) is 0 Å². The van der Waals surface area contributed by atoms with Crippen molar-refractivity contribution in [3.63, 3.8) is 0 Å². The fourth-order valence-electron chi connectivity index (χ4n) is 1.71. The Labute approximate surface area is 99.2 Å². The van der Waals surface area contributed by atoms with Crippen LogP contribution in [-0.2, 0) is 20.4 Å². The summed E-state index contributed by atoms with van der Waals surface area (Å²) in [6, 6.07) is 4.85. The van der Waals surface area contributed by atoms with Crippen molar-refractivity contribution in [1.29, 1.82) is 0 Å². The van der Waals surface area contributed by atoms with E-state index < -0.39 is 9.05 Å². The van der Waals surface area contributed by atoms with Crippen LogP contribution in [0.4, 0.5) is 5.69 Å². The molecule has 0 bridgehead atoms. The van der Waals surface area contributed by atoms with Crippen LogP contribution in [0.15, 0.2) is 23.1 Å². The third-order valence-electron chi connectivity index (χ3n) is 2.57. The van der Waals surface area contributed by atoms with Crippen LogP contribution in [-0.4, -0.2) is 28.6 Å². The Hall–Kier alpha value is -0.780.